The van der Waals surface area contributed by atoms with Crippen LogP contribution in [0.15, 0.2) is 5.38 Å². The van der Waals surface area contributed by atoms with Crippen molar-refractivity contribution in [1.82, 2.24) is 20.2 Å². The van der Waals surface area contributed by atoms with Crippen LogP contribution in [-0.2, 0) is 13.0 Å². The highest BCUT2D eigenvalue weighted by atomic mass is 32.1. The highest BCUT2D eigenvalue weighted by molar-refractivity contribution is 7.11. The summed E-state index contributed by atoms with van der Waals surface area (Å²) in [6.45, 7) is 6.75. The molecule has 3 N–H and O–H groups in total. The highest BCUT2D eigenvalue weighted by Crippen LogP contribution is 2.16. The molecular weight excluding hydrogens is 262 g/mol. The number of hydrogen-bond donors (Lipinski definition) is 2. The predicted octanol–water partition coefficient (Wildman–Crippen LogP) is 1.17. The Bertz CT molecular complexity index is 601. The molecule has 0 fully saturated rings. The van der Waals surface area contributed by atoms with E-state index in [-0.39, 0.29) is 5.91 Å². The fourth-order valence-electron chi connectivity index (χ4n) is 2.10. The number of nitrogen functional groups attached to an aromatic ring is 1. The Hall–Kier alpha value is -1.73. The molecule has 0 aromatic carbocycles. The van der Waals surface area contributed by atoms with Crippen LogP contribution >= 0.6 is 11.3 Å². The Balaban J connectivity index is 2.22. The SMILES string of the molecule is CCc1c(C)nn(Cc2csc(C(=O)NN)n2)c1C. The Labute approximate surface area is 115 Å². The van der Waals surface area contributed by atoms with Gasteiger partial charge in [0, 0.05) is 11.1 Å². The van der Waals surface area contributed by atoms with Crippen LogP contribution in [-0.4, -0.2) is 20.7 Å². The zero-order valence-electron chi connectivity index (χ0n) is 11.2. The smallest absolute Gasteiger partial charge is 0.288 e. The van der Waals surface area contributed by atoms with Gasteiger partial charge in [0.1, 0.15) is 0 Å². The summed E-state index contributed by atoms with van der Waals surface area (Å²) in [6.07, 6.45) is 0.968. The molecule has 0 aliphatic heterocycles. The third kappa shape index (κ3) is 2.66. The number of hydrogen-bond acceptors (Lipinski definition) is 5. The Morgan fingerprint density at radius 3 is 2.84 bits per heavy atom. The van der Waals surface area contributed by atoms with E-state index in [1.54, 1.807) is 0 Å². The van der Waals surface area contributed by atoms with Gasteiger partial charge in [-0.25, -0.2) is 10.8 Å². The molecule has 0 spiro atoms. The first kappa shape index (κ1) is 13.7. The number of aryl methyl sites for hydroxylation is 1. The average Bonchev–Trinajstić information content (AvgIpc) is 2.95. The zero-order valence-corrected chi connectivity index (χ0v) is 12.0. The number of carbonyl (C=O) groups is 1. The second kappa shape index (κ2) is 5.50. The van der Waals surface area contributed by atoms with E-state index >= 15 is 0 Å². The molecule has 0 bridgehead atoms. The van der Waals surface area contributed by atoms with Crippen molar-refractivity contribution in [3.63, 3.8) is 0 Å². The van der Waals surface area contributed by atoms with Crippen LogP contribution in [0.25, 0.3) is 0 Å². The second-order valence-corrected chi connectivity index (χ2v) is 5.14. The maximum Gasteiger partial charge on any atom is 0.294 e. The summed E-state index contributed by atoms with van der Waals surface area (Å²) in [4.78, 5) is 15.6. The number of hydrazine groups is 1. The summed E-state index contributed by atoms with van der Waals surface area (Å²) in [6, 6.07) is 0. The van der Waals surface area contributed by atoms with Crippen molar-refractivity contribution < 1.29 is 4.79 Å². The summed E-state index contributed by atoms with van der Waals surface area (Å²) < 4.78 is 1.92. The van der Waals surface area contributed by atoms with Gasteiger partial charge in [-0.2, -0.15) is 5.10 Å². The molecule has 0 saturated carbocycles. The lowest BCUT2D eigenvalue weighted by molar-refractivity contribution is 0.0953. The van der Waals surface area contributed by atoms with Crippen LogP contribution in [0.5, 0.6) is 0 Å². The molecule has 19 heavy (non-hydrogen) atoms. The number of aromatic nitrogens is 3. The number of nitrogens with two attached hydrogens (primary N) is 1. The minimum absolute atomic E-state index is 0.362. The van der Waals surface area contributed by atoms with Gasteiger partial charge in [0.2, 0.25) is 0 Å². The van der Waals surface area contributed by atoms with Gasteiger partial charge in [0.15, 0.2) is 5.01 Å². The van der Waals surface area contributed by atoms with Crippen LogP contribution in [0, 0.1) is 13.8 Å². The summed E-state index contributed by atoms with van der Waals surface area (Å²) in [5.74, 6) is 4.72. The summed E-state index contributed by atoms with van der Waals surface area (Å²) in [5.41, 5.74) is 6.37. The van der Waals surface area contributed by atoms with Gasteiger partial charge in [-0.3, -0.25) is 14.9 Å². The van der Waals surface area contributed by atoms with Crippen LogP contribution in [0.1, 0.15) is 39.4 Å². The molecule has 1 amide bonds. The van der Waals surface area contributed by atoms with Gasteiger partial charge in [0.25, 0.3) is 5.91 Å². The van der Waals surface area contributed by atoms with Crippen molar-refractivity contribution in [3.8, 4) is 0 Å². The van der Waals surface area contributed by atoms with Gasteiger partial charge in [0.05, 0.1) is 17.9 Å². The van der Waals surface area contributed by atoms with E-state index in [0.717, 1.165) is 23.5 Å². The molecule has 2 aromatic heterocycles. The molecule has 0 atom stereocenters. The molecule has 6 nitrogen and oxygen atoms in total. The van der Waals surface area contributed by atoms with E-state index in [0.29, 0.717) is 11.6 Å². The second-order valence-electron chi connectivity index (χ2n) is 4.28. The van der Waals surface area contributed by atoms with Crippen molar-refractivity contribution in [2.75, 3.05) is 0 Å². The van der Waals surface area contributed by atoms with Gasteiger partial charge in [-0.15, -0.1) is 11.3 Å². The monoisotopic (exact) mass is 279 g/mol. The van der Waals surface area contributed by atoms with E-state index in [9.17, 15) is 4.79 Å². The number of thiazole rings is 1. The lowest BCUT2D eigenvalue weighted by atomic mass is 10.1. The average molecular weight is 279 g/mol. The van der Waals surface area contributed by atoms with Crippen molar-refractivity contribution in [2.24, 2.45) is 5.84 Å². The van der Waals surface area contributed by atoms with E-state index in [1.165, 1.54) is 16.9 Å². The van der Waals surface area contributed by atoms with Crippen LogP contribution in [0.2, 0.25) is 0 Å². The van der Waals surface area contributed by atoms with Gasteiger partial charge in [-0.1, -0.05) is 6.92 Å². The maximum atomic E-state index is 11.3. The number of nitrogens with zero attached hydrogens (tertiary/aromatic N) is 3. The van der Waals surface area contributed by atoms with Crippen molar-refractivity contribution in [3.05, 3.63) is 33.0 Å². The normalized spacial score (nSPS) is 10.7. The molecule has 0 radical (unpaired) electrons. The molecule has 0 aliphatic carbocycles. The predicted molar refractivity (Wildman–Crippen MR) is 73.9 cm³/mol. The highest BCUT2D eigenvalue weighted by Gasteiger charge is 2.13. The molecule has 2 aromatic rings. The van der Waals surface area contributed by atoms with E-state index in [4.69, 9.17) is 5.84 Å². The summed E-state index contributed by atoms with van der Waals surface area (Å²) in [5, 5.41) is 6.73. The van der Waals surface area contributed by atoms with E-state index in [1.807, 2.05) is 17.0 Å². The van der Waals surface area contributed by atoms with Gasteiger partial charge < -0.3 is 0 Å². The van der Waals surface area contributed by atoms with E-state index in [2.05, 4.69) is 29.4 Å². The minimum Gasteiger partial charge on any atom is -0.288 e. The number of amides is 1. The fourth-order valence-corrected chi connectivity index (χ4v) is 2.81. The molecule has 0 aliphatic rings. The summed E-state index contributed by atoms with van der Waals surface area (Å²) in [7, 11) is 0. The molecule has 7 heteroatoms. The number of carbonyl (C=O) groups excluding carboxylic acids is 1. The Kier molecular flexibility index (Phi) is 3.96. The quantitative estimate of drug-likeness (QED) is 0.500. The van der Waals surface area contributed by atoms with Gasteiger partial charge in [-0.05, 0) is 25.8 Å². The first-order valence-electron chi connectivity index (χ1n) is 6.05. The molecule has 2 heterocycles. The zero-order chi connectivity index (χ0) is 14.0. The van der Waals surface area contributed by atoms with Crippen molar-refractivity contribution >= 4 is 17.2 Å². The largest absolute Gasteiger partial charge is 0.294 e. The third-order valence-electron chi connectivity index (χ3n) is 3.07. The first-order chi connectivity index (χ1) is 9.06. The van der Waals surface area contributed by atoms with E-state index < -0.39 is 0 Å². The van der Waals surface area contributed by atoms with Gasteiger partial charge >= 0.3 is 0 Å². The standard InChI is InChI=1S/C12H17N5OS/c1-4-10-7(2)16-17(8(10)3)5-9-6-19-12(14-9)11(18)15-13/h6H,4-5,13H2,1-3H3,(H,15,18). The molecule has 102 valence electrons. The Morgan fingerprint density at radius 1 is 1.53 bits per heavy atom. The van der Waals surface area contributed by atoms with Crippen LogP contribution in [0.4, 0.5) is 0 Å². The van der Waals surface area contributed by atoms with Crippen molar-refractivity contribution in [1.29, 1.82) is 0 Å². The maximum absolute atomic E-state index is 11.3. The third-order valence-corrected chi connectivity index (χ3v) is 3.96. The van der Waals surface area contributed by atoms with Crippen molar-refractivity contribution in [2.45, 2.75) is 33.7 Å². The minimum atomic E-state index is -0.362. The Morgan fingerprint density at radius 2 is 2.26 bits per heavy atom. The number of nitrogens with one attached hydrogen (secondary N) is 1. The summed E-state index contributed by atoms with van der Waals surface area (Å²) >= 11 is 1.28. The topological polar surface area (TPSA) is 85.8 Å². The molecule has 0 saturated heterocycles. The molecular formula is C12H17N5OS. The lowest BCUT2D eigenvalue weighted by Gasteiger charge is -2.02. The molecule has 2 rings (SSSR count). The number of rotatable bonds is 4. The van der Waals surface area contributed by atoms with Crippen LogP contribution < -0.4 is 11.3 Å². The lowest BCUT2D eigenvalue weighted by Crippen LogP contribution is -2.29. The first-order valence-corrected chi connectivity index (χ1v) is 6.93. The fraction of sp³-hybridized carbons (Fsp3) is 0.417. The van der Waals surface area contributed by atoms with Crippen LogP contribution in [0.3, 0.4) is 0 Å². The molecule has 0 unspecified atom stereocenters.